The molecule has 7 heteroatoms. The van der Waals surface area contributed by atoms with E-state index in [1.807, 2.05) is 0 Å². The maximum Gasteiger partial charge on any atom is 0.222 e. The predicted molar refractivity (Wildman–Crippen MR) is 61.5 cm³/mol. The van der Waals surface area contributed by atoms with Gasteiger partial charge in [0.15, 0.2) is 0 Å². The van der Waals surface area contributed by atoms with Crippen molar-refractivity contribution in [3.63, 3.8) is 0 Å². The van der Waals surface area contributed by atoms with Gasteiger partial charge in [0.2, 0.25) is 11.8 Å². The quantitative estimate of drug-likeness (QED) is 0.358. The number of nitrogens with zero attached hydrogens (tertiary/aromatic N) is 1. The summed E-state index contributed by atoms with van der Waals surface area (Å²) in [4.78, 5) is 22.0. The topological polar surface area (TPSA) is 90.9 Å². The smallest absolute Gasteiger partial charge is 0.222 e. The van der Waals surface area contributed by atoms with E-state index < -0.39 is 0 Å². The van der Waals surface area contributed by atoms with E-state index in [0.29, 0.717) is 26.1 Å². The molecule has 0 aromatic carbocycles. The highest BCUT2D eigenvalue weighted by atomic mass is 16.5. The average molecular weight is 247 g/mol. The van der Waals surface area contributed by atoms with E-state index in [4.69, 9.17) is 9.94 Å². The molecule has 0 radical (unpaired) electrons. The first-order chi connectivity index (χ1) is 8.06. The molecule has 100 valence electrons. The van der Waals surface area contributed by atoms with Crippen molar-refractivity contribution in [3.8, 4) is 0 Å². The molecule has 0 fully saturated rings. The van der Waals surface area contributed by atoms with Crippen molar-refractivity contribution in [2.24, 2.45) is 0 Å². The molecular formula is C10H21N3O4. The second-order valence-corrected chi connectivity index (χ2v) is 3.52. The average Bonchev–Trinajstić information content (AvgIpc) is 2.27. The first-order valence-corrected chi connectivity index (χ1v) is 5.51. The molecule has 0 atom stereocenters. The number of carbonyl (C=O) groups excluding carboxylic acids is 2. The molecule has 0 saturated carbocycles. The highest BCUT2D eigenvalue weighted by Gasteiger charge is 2.02. The fourth-order valence-corrected chi connectivity index (χ4v) is 1.00. The van der Waals surface area contributed by atoms with Crippen LogP contribution in [0.2, 0.25) is 0 Å². The van der Waals surface area contributed by atoms with Gasteiger partial charge in [-0.2, -0.15) is 5.06 Å². The number of carbonyl (C=O) groups is 2. The lowest BCUT2D eigenvalue weighted by atomic mass is 10.4. The molecule has 0 aromatic heterocycles. The predicted octanol–water partition coefficient (Wildman–Crippen LogP) is -1.03. The fraction of sp³-hybridized carbons (Fsp3) is 0.800. The van der Waals surface area contributed by atoms with E-state index in [-0.39, 0.29) is 24.8 Å². The lowest BCUT2D eigenvalue weighted by Crippen LogP contribution is -2.32. The third-order valence-electron chi connectivity index (χ3n) is 1.98. The molecule has 17 heavy (non-hydrogen) atoms. The van der Waals surface area contributed by atoms with Crippen LogP contribution in [0.15, 0.2) is 0 Å². The van der Waals surface area contributed by atoms with Crippen LogP contribution < -0.4 is 10.6 Å². The number of amides is 2. The summed E-state index contributed by atoms with van der Waals surface area (Å²) in [7, 11) is 3.07. The number of rotatable bonds is 9. The summed E-state index contributed by atoms with van der Waals surface area (Å²) in [5.41, 5.74) is 0. The maximum atomic E-state index is 11.2. The van der Waals surface area contributed by atoms with E-state index in [0.717, 1.165) is 5.06 Å². The minimum Gasteiger partial charge on any atom is -0.380 e. The second kappa shape index (κ2) is 10.0. The zero-order valence-electron chi connectivity index (χ0n) is 10.4. The van der Waals surface area contributed by atoms with Crippen LogP contribution in [0.5, 0.6) is 0 Å². The molecule has 2 amide bonds. The number of likely N-dealkylation sites (N-methyl/N-ethyl adjacent to an activating group) is 1. The number of hydroxylamine groups is 2. The Morgan fingerprint density at radius 3 is 2.35 bits per heavy atom. The van der Waals surface area contributed by atoms with Gasteiger partial charge in [-0.05, 0) is 0 Å². The van der Waals surface area contributed by atoms with Crippen LogP contribution in [0.4, 0.5) is 0 Å². The van der Waals surface area contributed by atoms with Gasteiger partial charge in [0, 0.05) is 40.0 Å². The van der Waals surface area contributed by atoms with Crippen molar-refractivity contribution in [1.82, 2.24) is 15.7 Å². The molecular weight excluding hydrogens is 226 g/mol. The molecule has 0 heterocycles. The minimum absolute atomic E-state index is 0.0829. The van der Waals surface area contributed by atoms with Crippen LogP contribution in [0.25, 0.3) is 0 Å². The lowest BCUT2D eigenvalue weighted by molar-refractivity contribution is -0.123. The van der Waals surface area contributed by atoms with Crippen molar-refractivity contribution in [3.05, 3.63) is 0 Å². The number of nitrogens with one attached hydrogen (secondary N) is 2. The molecule has 3 N–H and O–H groups in total. The van der Waals surface area contributed by atoms with Gasteiger partial charge in [0.05, 0.1) is 13.2 Å². The molecule has 0 aliphatic heterocycles. The summed E-state index contributed by atoms with van der Waals surface area (Å²) in [6.45, 7) is 1.37. The van der Waals surface area contributed by atoms with Gasteiger partial charge in [-0.1, -0.05) is 0 Å². The van der Waals surface area contributed by atoms with Gasteiger partial charge >= 0.3 is 0 Å². The molecule has 7 nitrogen and oxygen atoms in total. The lowest BCUT2D eigenvalue weighted by Gasteiger charge is -2.09. The zero-order chi connectivity index (χ0) is 13.1. The number of hydrogen-bond donors (Lipinski definition) is 3. The molecule has 0 spiro atoms. The second-order valence-electron chi connectivity index (χ2n) is 3.52. The van der Waals surface area contributed by atoms with E-state index in [1.54, 1.807) is 7.05 Å². The summed E-state index contributed by atoms with van der Waals surface area (Å²) in [5.74, 6) is -0.216. The van der Waals surface area contributed by atoms with Gasteiger partial charge in [-0.15, -0.1) is 0 Å². The zero-order valence-corrected chi connectivity index (χ0v) is 10.4. The molecule has 0 aromatic rings. The molecule has 0 aliphatic rings. The van der Waals surface area contributed by atoms with E-state index in [9.17, 15) is 9.59 Å². The highest BCUT2D eigenvalue weighted by molar-refractivity contribution is 5.76. The molecule has 0 rings (SSSR count). The van der Waals surface area contributed by atoms with Gasteiger partial charge in [0.25, 0.3) is 0 Å². The van der Waals surface area contributed by atoms with Crippen LogP contribution in [0.1, 0.15) is 12.8 Å². The Kier molecular flexibility index (Phi) is 9.31. The fourth-order valence-electron chi connectivity index (χ4n) is 1.00. The highest BCUT2D eigenvalue weighted by Crippen LogP contribution is 1.87. The van der Waals surface area contributed by atoms with Crippen LogP contribution in [-0.2, 0) is 14.3 Å². The summed E-state index contributed by atoms with van der Waals surface area (Å²) in [6.07, 6.45) is 0.552. The van der Waals surface area contributed by atoms with E-state index in [1.165, 1.54) is 7.05 Å². The molecule has 0 bridgehead atoms. The van der Waals surface area contributed by atoms with Gasteiger partial charge in [-0.25, -0.2) is 0 Å². The first-order valence-electron chi connectivity index (χ1n) is 5.51. The van der Waals surface area contributed by atoms with Crippen LogP contribution in [0.3, 0.4) is 0 Å². The summed E-state index contributed by atoms with van der Waals surface area (Å²) < 4.78 is 5.12. The third-order valence-corrected chi connectivity index (χ3v) is 1.98. The van der Waals surface area contributed by atoms with Crippen molar-refractivity contribution < 1.29 is 19.5 Å². The summed E-state index contributed by atoms with van der Waals surface area (Å²) in [5, 5.41) is 14.9. The Bertz CT molecular complexity index is 234. The Labute approximate surface area is 101 Å². The first kappa shape index (κ1) is 15.8. The van der Waals surface area contributed by atoms with Crippen LogP contribution in [0, 0.1) is 0 Å². The van der Waals surface area contributed by atoms with E-state index in [2.05, 4.69) is 10.6 Å². The summed E-state index contributed by atoms with van der Waals surface area (Å²) in [6, 6.07) is 0. The minimum atomic E-state index is -0.133. The number of hydrogen-bond acceptors (Lipinski definition) is 5. The monoisotopic (exact) mass is 247 g/mol. The van der Waals surface area contributed by atoms with Gasteiger partial charge in [0.1, 0.15) is 0 Å². The maximum absolute atomic E-state index is 11.2. The van der Waals surface area contributed by atoms with Crippen molar-refractivity contribution in [1.29, 1.82) is 0 Å². The SMILES string of the molecule is CNC(=O)CCOCCC(=O)NCCN(C)O. The van der Waals surface area contributed by atoms with Gasteiger partial charge < -0.3 is 20.6 Å². The largest absolute Gasteiger partial charge is 0.380 e. The van der Waals surface area contributed by atoms with E-state index >= 15 is 0 Å². The third kappa shape index (κ3) is 11.1. The Balaban J connectivity index is 3.30. The number of ether oxygens (including phenoxy) is 1. The Morgan fingerprint density at radius 2 is 1.82 bits per heavy atom. The van der Waals surface area contributed by atoms with Crippen molar-refractivity contribution >= 4 is 11.8 Å². The molecule has 0 aliphatic carbocycles. The normalized spacial score (nSPS) is 10.4. The van der Waals surface area contributed by atoms with Crippen LogP contribution >= 0.6 is 0 Å². The van der Waals surface area contributed by atoms with Gasteiger partial charge in [-0.3, -0.25) is 9.59 Å². The van der Waals surface area contributed by atoms with Crippen LogP contribution in [-0.4, -0.2) is 62.5 Å². The Morgan fingerprint density at radius 1 is 1.24 bits per heavy atom. The molecule has 0 saturated heterocycles. The van der Waals surface area contributed by atoms with Crippen molar-refractivity contribution in [2.75, 3.05) is 40.4 Å². The summed E-state index contributed by atoms with van der Waals surface area (Å²) >= 11 is 0. The van der Waals surface area contributed by atoms with Crippen molar-refractivity contribution in [2.45, 2.75) is 12.8 Å². The Hall–Kier alpha value is -1.18. The molecule has 0 unspecified atom stereocenters. The standard InChI is InChI=1S/C10H21N3O4/c1-11-9(14)3-7-17-8-4-10(15)12-5-6-13(2)16/h16H,3-8H2,1-2H3,(H,11,14)(H,12,15).